The molecule has 54 heavy (non-hydrogen) atoms. The monoisotopic (exact) mass is 742 g/mol. The van der Waals surface area contributed by atoms with Crippen LogP contribution in [0.2, 0.25) is 0 Å². The molecule has 1 aliphatic rings. The Balaban J connectivity index is 1.47. The van der Waals surface area contributed by atoms with Crippen LogP contribution in [0.3, 0.4) is 0 Å². The van der Waals surface area contributed by atoms with Crippen molar-refractivity contribution in [2.75, 3.05) is 19.6 Å². The lowest BCUT2D eigenvalue weighted by molar-refractivity contribution is -0.253. The maximum Gasteiger partial charge on any atom is 0.303 e. The molecule has 296 valence electrons. The third-order valence-corrected chi connectivity index (χ3v) is 10.5. The van der Waals surface area contributed by atoms with Crippen molar-refractivity contribution in [2.45, 2.75) is 148 Å². The van der Waals surface area contributed by atoms with E-state index in [-0.39, 0.29) is 37.6 Å². The lowest BCUT2D eigenvalue weighted by Gasteiger charge is -2.38. The molecule has 1 fully saturated rings. The van der Waals surface area contributed by atoms with Gasteiger partial charge in [0.15, 0.2) is 6.29 Å². The Labute approximate surface area is 324 Å². The number of carbonyl (C=O) groups excluding carboxylic acids is 1. The van der Waals surface area contributed by atoms with E-state index < -0.39 is 12.3 Å². The van der Waals surface area contributed by atoms with Gasteiger partial charge >= 0.3 is 5.97 Å². The van der Waals surface area contributed by atoms with Gasteiger partial charge in [0.25, 0.3) is 0 Å². The number of hydrogen-bond donors (Lipinski definition) is 3. The standard InChI is InChI=1S/C46H66N2O6/c1-3-5-7-9-11-15-30-48(31-16-12-10-8-6-4-2)34-41-32-43(38-24-22-36(35-49)23-25-38)54-46(53-41)39-28-26-37(27-29-39)42-19-14-13-18-40(42)33-47-44(50)20-17-21-45(51)52/h13-14,18-19,22-29,41,43,46,49H,3-12,15-17,20-21,30-35H2,1-2H3,(H,47,50)(H,51,52). The maximum absolute atomic E-state index is 12.4. The van der Waals surface area contributed by atoms with Crippen molar-refractivity contribution < 1.29 is 29.3 Å². The number of carbonyl (C=O) groups is 2. The minimum Gasteiger partial charge on any atom is -0.481 e. The van der Waals surface area contributed by atoms with Crippen LogP contribution in [0, 0.1) is 0 Å². The summed E-state index contributed by atoms with van der Waals surface area (Å²) in [6, 6.07) is 24.5. The first-order chi connectivity index (χ1) is 26.4. The number of nitrogens with one attached hydrogen (secondary N) is 1. The number of carboxylic acid groups (broad SMARTS) is 1. The molecule has 1 heterocycles. The highest BCUT2D eigenvalue weighted by Gasteiger charge is 2.33. The van der Waals surface area contributed by atoms with Crippen LogP contribution in [0.15, 0.2) is 72.8 Å². The molecular formula is C46H66N2O6. The average Bonchev–Trinajstić information content (AvgIpc) is 3.19. The number of rotatable bonds is 26. The molecule has 3 atom stereocenters. The summed E-state index contributed by atoms with van der Waals surface area (Å²) >= 11 is 0. The number of nitrogens with zero attached hydrogens (tertiary/aromatic N) is 1. The number of hydrogen-bond acceptors (Lipinski definition) is 6. The largest absolute Gasteiger partial charge is 0.481 e. The summed E-state index contributed by atoms with van der Waals surface area (Å²) in [7, 11) is 0. The van der Waals surface area contributed by atoms with Gasteiger partial charge in [-0.15, -0.1) is 0 Å². The Morgan fingerprint density at radius 1 is 0.722 bits per heavy atom. The predicted octanol–water partition coefficient (Wildman–Crippen LogP) is 10.3. The van der Waals surface area contributed by atoms with Gasteiger partial charge in [-0.25, -0.2) is 0 Å². The Kier molecular flexibility index (Phi) is 19.8. The van der Waals surface area contributed by atoms with Crippen LogP contribution < -0.4 is 5.32 Å². The molecule has 3 aromatic rings. The minimum absolute atomic E-state index is 0.00552. The van der Waals surface area contributed by atoms with Crippen molar-refractivity contribution in [3.8, 4) is 11.1 Å². The number of aliphatic hydroxyl groups is 1. The summed E-state index contributed by atoms with van der Waals surface area (Å²) in [6.07, 6.45) is 16.1. The summed E-state index contributed by atoms with van der Waals surface area (Å²) in [5.74, 6) is -1.04. The van der Waals surface area contributed by atoms with E-state index in [0.29, 0.717) is 13.0 Å². The van der Waals surface area contributed by atoms with Crippen LogP contribution in [0.1, 0.15) is 151 Å². The van der Waals surface area contributed by atoms with E-state index in [1.807, 2.05) is 30.3 Å². The molecule has 3 N–H and O–H groups in total. The molecule has 3 aromatic carbocycles. The van der Waals surface area contributed by atoms with Gasteiger partial charge < -0.3 is 29.9 Å². The van der Waals surface area contributed by atoms with E-state index in [4.69, 9.17) is 14.6 Å². The molecule has 0 aromatic heterocycles. The van der Waals surface area contributed by atoms with E-state index in [2.05, 4.69) is 66.5 Å². The number of carboxylic acids is 1. The lowest BCUT2D eigenvalue weighted by Crippen LogP contribution is -2.40. The highest BCUT2D eigenvalue weighted by atomic mass is 16.7. The number of benzene rings is 3. The van der Waals surface area contributed by atoms with E-state index >= 15 is 0 Å². The second-order valence-electron chi connectivity index (χ2n) is 15.0. The summed E-state index contributed by atoms with van der Waals surface area (Å²) in [5, 5.41) is 21.5. The molecule has 1 amide bonds. The molecule has 3 unspecified atom stereocenters. The highest BCUT2D eigenvalue weighted by molar-refractivity contribution is 5.77. The zero-order valence-corrected chi connectivity index (χ0v) is 33.0. The zero-order chi connectivity index (χ0) is 38.4. The van der Waals surface area contributed by atoms with Gasteiger partial charge in [0.1, 0.15) is 0 Å². The van der Waals surface area contributed by atoms with Gasteiger partial charge in [-0.1, -0.05) is 151 Å². The molecule has 1 saturated heterocycles. The van der Waals surface area contributed by atoms with Crippen LogP contribution in [0.4, 0.5) is 0 Å². The Morgan fingerprint density at radius 2 is 1.33 bits per heavy atom. The lowest BCUT2D eigenvalue weighted by atomic mass is 9.97. The van der Waals surface area contributed by atoms with Gasteiger partial charge in [-0.2, -0.15) is 0 Å². The van der Waals surface area contributed by atoms with Crippen molar-refractivity contribution >= 4 is 11.9 Å². The summed E-state index contributed by atoms with van der Waals surface area (Å²) in [6.45, 7) is 7.99. The quantitative estimate of drug-likeness (QED) is 0.0703. The minimum atomic E-state index is -0.891. The van der Waals surface area contributed by atoms with Crippen LogP contribution in [0.25, 0.3) is 11.1 Å². The third-order valence-electron chi connectivity index (χ3n) is 10.5. The molecule has 0 saturated carbocycles. The molecule has 0 spiro atoms. The number of amides is 1. The second-order valence-corrected chi connectivity index (χ2v) is 15.0. The topological polar surface area (TPSA) is 108 Å². The van der Waals surface area contributed by atoms with Crippen LogP contribution in [0.5, 0.6) is 0 Å². The normalized spacial score (nSPS) is 17.1. The molecule has 0 bridgehead atoms. The molecule has 4 rings (SSSR count). The third kappa shape index (κ3) is 15.3. The SMILES string of the molecule is CCCCCCCCN(CCCCCCCC)CC1CC(c2ccc(CO)cc2)OC(c2ccc(-c3ccccc3CNC(=O)CCCC(=O)O)cc2)O1. The first-order valence-electron chi connectivity index (χ1n) is 20.8. The number of aliphatic carboxylic acids is 1. The molecule has 1 aliphatic heterocycles. The van der Waals surface area contributed by atoms with Gasteiger partial charge in [0.05, 0.1) is 18.8 Å². The zero-order valence-electron chi connectivity index (χ0n) is 33.0. The Hall–Kier alpha value is -3.56. The van der Waals surface area contributed by atoms with Gasteiger partial charge in [-0.3, -0.25) is 9.59 Å². The fourth-order valence-corrected chi connectivity index (χ4v) is 7.31. The average molecular weight is 743 g/mol. The molecular weight excluding hydrogens is 677 g/mol. The van der Waals surface area contributed by atoms with Gasteiger partial charge in [-0.05, 0) is 60.2 Å². The number of unbranched alkanes of at least 4 members (excludes halogenated alkanes) is 10. The molecule has 0 aliphatic carbocycles. The van der Waals surface area contributed by atoms with Crippen LogP contribution in [-0.2, 0) is 32.2 Å². The first-order valence-corrected chi connectivity index (χ1v) is 20.8. The van der Waals surface area contributed by atoms with Crippen molar-refractivity contribution in [1.29, 1.82) is 0 Å². The van der Waals surface area contributed by atoms with Crippen molar-refractivity contribution in [3.05, 3.63) is 95.1 Å². The van der Waals surface area contributed by atoms with Crippen molar-refractivity contribution in [1.82, 2.24) is 10.2 Å². The fourth-order valence-electron chi connectivity index (χ4n) is 7.31. The van der Waals surface area contributed by atoms with E-state index in [1.54, 1.807) is 0 Å². The molecule has 8 heteroatoms. The van der Waals surface area contributed by atoms with Crippen LogP contribution >= 0.6 is 0 Å². The van der Waals surface area contributed by atoms with E-state index in [1.165, 1.54) is 77.0 Å². The number of ether oxygens (including phenoxy) is 2. The first kappa shape index (κ1) is 43.2. The van der Waals surface area contributed by atoms with Crippen LogP contribution in [-0.4, -0.2) is 52.7 Å². The molecule has 0 radical (unpaired) electrons. The fraction of sp³-hybridized carbons (Fsp3) is 0.565. The van der Waals surface area contributed by atoms with Crippen molar-refractivity contribution in [2.24, 2.45) is 0 Å². The smallest absolute Gasteiger partial charge is 0.303 e. The Morgan fingerprint density at radius 3 is 1.96 bits per heavy atom. The summed E-state index contributed by atoms with van der Waals surface area (Å²) < 4.78 is 13.5. The van der Waals surface area contributed by atoms with Gasteiger partial charge in [0.2, 0.25) is 5.91 Å². The summed E-state index contributed by atoms with van der Waals surface area (Å²) in [5.41, 5.74) is 5.99. The predicted molar refractivity (Wildman–Crippen MR) is 217 cm³/mol. The van der Waals surface area contributed by atoms with E-state index in [9.17, 15) is 14.7 Å². The number of aliphatic hydroxyl groups excluding tert-OH is 1. The van der Waals surface area contributed by atoms with E-state index in [0.717, 1.165) is 59.4 Å². The Bertz CT molecular complexity index is 1480. The van der Waals surface area contributed by atoms with Crippen molar-refractivity contribution in [3.63, 3.8) is 0 Å². The highest BCUT2D eigenvalue weighted by Crippen LogP contribution is 2.39. The summed E-state index contributed by atoms with van der Waals surface area (Å²) in [4.78, 5) is 25.8. The molecule has 8 nitrogen and oxygen atoms in total. The maximum atomic E-state index is 12.4. The van der Waals surface area contributed by atoms with Gasteiger partial charge in [0, 0.05) is 37.9 Å². The second kappa shape index (κ2) is 24.8.